The van der Waals surface area contributed by atoms with Crippen LogP contribution in [0.5, 0.6) is 11.5 Å². The lowest BCUT2D eigenvalue weighted by Gasteiger charge is -2.50. The standard InChI is InChI=1S/C26H34N2O4/c1-17-4-3-7-26(2)14-24-19(13-21(17)26)20(25(29)32-24)15-27-8-10-28(11-9-27)18-5-6-22-23(12-18)31-16-30-22/h5-6,12,19-21,24H,1,3-4,7-11,13-16H2,2H3/t19-,20+,21-,24+,26+/m0/s1. The van der Waals surface area contributed by atoms with Gasteiger partial charge >= 0.3 is 5.97 Å². The van der Waals surface area contributed by atoms with E-state index in [1.807, 2.05) is 6.07 Å². The molecule has 0 N–H and O–H groups in total. The van der Waals surface area contributed by atoms with Crippen LogP contribution in [0.4, 0.5) is 5.69 Å². The minimum absolute atomic E-state index is 0.0105. The molecule has 3 aliphatic heterocycles. The molecule has 0 spiro atoms. The predicted molar refractivity (Wildman–Crippen MR) is 122 cm³/mol. The molecule has 1 aromatic carbocycles. The van der Waals surface area contributed by atoms with E-state index in [9.17, 15) is 4.79 Å². The number of hydrogen-bond acceptors (Lipinski definition) is 6. The molecular weight excluding hydrogens is 404 g/mol. The zero-order valence-electron chi connectivity index (χ0n) is 19.1. The predicted octanol–water partition coefficient (Wildman–Crippen LogP) is 3.85. The highest BCUT2D eigenvalue weighted by Gasteiger charge is 2.55. The third-order valence-electron chi connectivity index (χ3n) is 8.87. The number of anilines is 1. The largest absolute Gasteiger partial charge is 0.462 e. The van der Waals surface area contributed by atoms with Crippen LogP contribution in [-0.2, 0) is 9.53 Å². The van der Waals surface area contributed by atoms with Crippen LogP contribution in [0.3, 0.4) is 0 Å². The van der Waals surface area contributed by atoms with Gasteiger partial charge in [-0.05, 0) is 55.6 Å². The van der Waals surface area contributed by atoms with Crippen molar-refractivity contribution in [1.82, 2.24) is 4.90 Å². The van der Waals surface area contributed by atoms with Crippen LogP contribution >= 0.6 is 0 Å². The van der Waals surface area contributed by atoms with Gasteiger partial charge in [-0.2, -0.15) is 0 Å². The number of rotatable bonds is 3. The smallest absolute Gasteiger partial charge is 0.310 e. The number of piperazine rings is 1. The molecule has 5 aliphatic rings. The van der Waals surface area contributed by atoms with Crippen molar-refractivity contribution in [2.45, 2.75) is 45.1 Å². The van der Waals surface area contributed by atoms with Crippen molar-refractivity contribution >= 4 is 11.7 Å². The molecule has 0 unspecified atom stereocenters. The summed E-state index contributed by atoms with van der Waals surface area (Å²) in [7, 11) is 0. The topological polar surface area (TPSA) is 51.2 Å². The summed E-state index contributed by atoms with van der Waals surface area (Å²) in [5.41, 5.74) is 2.85. The van der Waals surface area contributed by atoms with E-state index < -0.39 is 0 Å². The third-order valence-corrected chi connectivity index (χ3v) is 8.87. The normalized spacial score (nSPS) is 36.6. The molecule has 0 amide bonds. The first-order chi connectivity index (χ1) is 15.5. The molecule has 0 aromatic heterocycles. The molecule has 3 heterocycles. The van der Waals surface area contributed by atoms with Gasteiger partial charge < -0.3 is 19.1 Å². The molecule has 2 saturated heterocycles. The Morgan fingerprint density at radius 2 is 1.97 bits per heavy atom. The van der Waals surface area contributed by atoms with E-state index in [0.717, 1.165) is 63.5 Å². The Hall–Kier alpha value is -2.21. The summed E-state index contributed by atoms with van der Waals surface area (Å²) in [6, 6.07) is 6.18. The maximum atomic E-state index is 12.9. The first-order valence-electron chi connectivity index (χ1n) is 12.3. The third kappa shape index (κ3) is 3.38. The van der Waals surface area contributed by atoms with Gasteiger partial charge in [-0.25, -0.2) is 0 Å². The van der Waals surface area contributed by atoms with Gasteiger partial charge in [0.05, 0.1) is 5.92 Å². The molecule has 0 bridgehead atoms. The monoisotopic (exact) mass is 438 g/mol. The Balaban J connectivity index is 1.09. The van der Waals surface area contributed by atoms with E-state index in [-0.39, 0.29) is 23.4 Å². The van der Waals surface area contributed by atoms with Crippen LogP contribution < -0.4 is 14.4 Å². The van der Waals surface area contributed by atoms with Crippen molar-refractivity contribution in [1.29, 1.82) is 0 Å². The first kappa shape index (κ1) is 20.4. The number of hydrogen-bond donors (Lipinski definition) is 0. The molecule has 0 radical (unpaired) electrons. The van der Waals surface area contributed by atoms with Gasteiger partial charge in [0.1, 0.15) is 6.10 Å². The lowest BCUT2D eigenvalue weighted by molar-refractivity contribution is -0.146. The Bertz CT molecular complexity index is 924. The van der Waals surface area contributed by atoms with Gasteiger partial charge in [0.25, 0.3) is 0 Å². The SMILES string of the molecule is C=C1CCC[C@]2(C)C[C@H]3OC(=O)[C@H](CN4CCN(c5ccc6c(c5)OCO6)CC4)[C@@H]3C[C@@H]12. The molecule has 5 atom stereocenters. The highest BCUT2D eigenvalue weighted by molar-refractivity contribution is 5.75. The second kappa shape index (κ2) is 7.68. The molecule has 6 heteroatoms. The molecule has 4 fully saturated rings. The lowest BCUT2D eigenvalue weighted by Crippen LogP contribution is -2.50. The Morgan fingerprint density at radius 1 is 1.16 bits per heavy atom. The molecular formula is C26H34N2O4. The highest BCUT2D eigenvalue weighted by atomic mass is 16.7. The summed E-state index contributed by atoms with van der Waals surface area (Å²) in [6.07, 6.45) is 5.82. The quantitative estimate of drug-likeness (QED) is 0.528. The number of carbonyl (C=O) groups excluding carboxylic acids is 1. The lowest BCUT2D eigenvalue weighted by atomic mass is 9.55. The van der Waals surface area contributed by atoms with Gasteiger partial charge in [0, 0.05) is 50.4 Å². The van der Waals surface area contributed by atoms with Gasteiger partial charge in [-0.15, -0.1) is 0 Å². The minimum Gasteiger partial charge on any atom is -0.462 e. The minimum atomic E-state index is 0.0105. The zero-order valence-corrected chi connectivity index (χ0v) is 19.1. The van der Waals surface area contributed by atoms with E-state index >= 15 is 0 Å². The van der Waals surface area contributed by atoms with Crippen molar-refractivity contribution < 1.29 is 19.0 Å². The van der Waals surface area contributed by atoms with E-state index in [4.69, 9.17) is 14.2 Å². The summed E-state index contributed by atoms with van der Waals surface area (Å²) < 4.78 is 16.9. The molecule has 6 nitrogen and oxygen atoms in total. The maximum absolute atomic E-state index is 12.9. The second-order valence-electron chi connectivity index (χ2n) is 10.7. The van der Waals surface area contributed by atoms with Crippen LogP contribution in [0.1, 0.15) is 39.0 Å². The molecule has 1 aromatic rings. The fraction of sp³-hybridized carbons (Fsp3) is 0.654. The van der Waals surface area contributed by atoms with E-state index in [1.54, 1.807) is 0 Å². The van der Waals surface area contributed by atoms with E-state index in [2.05, 4.69) is 35.4 Å². The summed E-state index contributed by atoms with van der Waals surface area (Å²) in [4.78, 5) is 17.7. The number of benzene rings is 1. The van der Waals surface area contributed by atoms with Gasteiger partial charge in [0.15, 0.2) is 11.5 Å². The molecule has 6 rings (SSSR count). The van der Waals surface area contributed by atoms with Crippen molar-refractivity contribution in [3.05, 3.63) is 30.4 Å². The Morgan fingerprint density at radius 3 is 2.81 bits per heavy atom. The van der Waals surface area contributed by atoms with E-state index in [1.165, 1.54) is 24.1 Å². The molecule has 2 saturated carbocycles. The number of ether oxygens (including phenoxy) is 3. The Labute approximate surface area is 190 Å². The summed E-state index contributed by atoms with van der Waals surface area (Å²) >= 11 is 0. The fourth-order valence-corrected chi connectivity index (χ4v) is 7.01. The number of allylic oxidation sites excluding steroid dienone is 1. The van der Waals surface area contributed by atoms with Crippen LogP contribution in [0.25, 0.3) is 0 Å². The summed E-state index contributed by atoms with van der Waals surface area (Å²) in [6.45, 7) is 11.8. The van der Waals surface area contributed by atoms with Crippen LogP contribution in [0.15, 0.2) is 30.4 Å². The second-order valence-corrected chi connectivity index (χ2v) is 10.7. The number of esters is 1. The van der Waals surface area contributed by atoms with E-state index in [0.29, 0.717) is 18.6 Å². The van der Waals surface area contributed by atoms with Crippen LogP contribution in [0, 0.1) is 23.2 Å². The van der Waals surface area contributed by atoms with Gasteiger partial charge in [-0.3, -0.25) is 9.69 Å². The van der Waals surface area contributed by atoms with Crippen molar-refractivity contribution in [3.63, 3.8) is 0 Å². The molecule has 2 aliphatic carbocycles. The molecule has 32 heavy (non-hydrogen) atoms. The number of carbonyl (C=O) groups is 1. The van der Waals surface area contributed by atoms with Gasteiger partial charge in [-0.1, -0.05) is 19.1 Å². The maximum Gasteiger partial charge on any atom is 0.310 e. The zero-order chi connectivity index (χ0) is 21.9. The highest BCUT2D eigenvalue weighted by Crippen LogP contribution is 2.57. The molecule has 172 valence electrons. The van der Waals surface area contributed by atoms with Crippen LogP contribution in [-0.4, -0.2) is 56.5 Å². The van der Waals surface area contributed by atoms with Crippen molar-refractivity contribution in [2.75, 3.05) is 44.4 Å². The number of fused-ring (bicyclic) bond motifs is 3. The number of nitrogens with zero attached hydrogens (tertiary/aromatic N) is 2. The summed E-state index contributed by atoms with van der Waals surface area (Å²) in [5.74, 6) is 2.60. The first-order valence-corrected chi connectivity index (χ1v) is 12.3. The average Bonchev–Trinajstić information content (AvgIpc) is 3.36. The van der Waals surface area contributed by atoms with Crippen molar-refractivity contribution in [3.8, 4) is 11.5 Å². The van der Waals surface area contributed by atoms with Crippen LogP contribution in [0.2, 0.25) is 0 Å². The Kier molecular flexibility index (Phi) is 4.90. The average molecular weight is 439 g/mol. The van der Waals surface area contributed by atoms with Crippen molar-refractivity contribution in [2.24, 2.45) is 23.2 Å². The van der Waals surface area contributed by atoms with Gasteiger partial charge in [0.2, 0.25) is 6.79 Å². The fourth-order valence-electron chi connectivity index (χ4n) is 7.01. The summed E-state index contributed by atoms with van der Waals surface area (Å²) in [5, 5.41) is 0.